The maximum absolute atomic E-state index is 13.7. The highest BCUT2D eigenvalue weighted by atomic mass is 35.5. The predicted molar refractivity (Wildman–Crippen MR) is 137 cm³/mol. The number of hydrogen-bond acceptors (Lipinski definition) is 3. The van der Waals surface area contributed by atoms with Crippen molar-refractivity contribution < 1.29 is 9.18 Å². The van der Waals surface area contributed by atoms with Gasteiger partial charge >= 0.3 is 0 Å². The first-order valence-corrected chi connectivity index (χ1v) is 12.1. The number of para-hydroxylation sites is 1. The van der Waals surface area contributed by atoms with E-state index in [1.165, 1.54) is 30.8 Å². The number of carbonyl (C=O) groups is 1. The van der Waals surface area contributed by atoms with E-state index in [2.05, 4.69) is 19.2 Å². The molecule has 0 saturated heterocycles. The molecule has 4 aromatic rings. The number of benzene rings is 3. The van der Waals surface area contributed by atoms with Gasteiger partial charge in [0.05, 0.1) is 27.6 Å². The third-order valence-electron chi connectivity index (χ3n) is 5.49. The summed E-state index contributed by atoms with van der Waals surface area (Å²) in [6.45, 7) is 5.62. The molecule has 0 aliphatic carbocycles. The fourth-order valence-corrected chi connectivity index (χ4v) is 4.94. The molecule has 0 bridgehead atoms. The Morgan fingerprint density at radius 1 is 1.03 bits per heavy atom. The van der Waals surface area contributed by atoms with Gasteiger partial charge in [-0.05, 0) is 65.9 Å². The number of rotatable bonds is 6. The molecule has 4 rings (SSSR count). The van der Waals surface area contributed by atoms with Crippen LogP contribution in [0, 0.1) is 5.82 Å². The van der Waals surface area contributed by atoms with E-state index in [4.69, 9.17) is 28.2 Å². The molecule has 1 aromatic heterocycles. The molecule has 4 nitrogen and oxygen atoms in total. The highest BCUT2D eigenvalue weighted by Crippen LogP contribution is 2.40. The molecule has 0 spiro atoms. The number of carbonyl (C=O) groups excluding carboxylic acids is 1. The molecule has 0 unspecified atom stereocenters. The van der Waals surface area contributed by atoms with Gasteiger partial charge in [-0.2, -0.15) is 0 Å². The van der Waals surface area contributed by atoms with Crippen molar-refractivity contribution in [2.75, 3.05) is 5.32 Å². The Balaban J connectivity index is 1.86. The quantitative estimate of drug-likeness (QED) is 0.286. The zero-order valence-corrected chi connectivity index (χ0v) is 21.1. The summed E-state index contributed by atoms with van der Waals surface area (Å²) in [5.74, 6) is -0.476. The van der Waals surface area contributed by atoms with Crippen LogP contribution in [0.5, 0.6) is 0 Å². The molecule has 0 atom stereocenters. The Bertz CT molecular complexity index is 1350. The zero-order chi connectivity index (χ0) is 24.5. The minimum atomic E-state index is -0.508. The number of amides is 1. The van der Waals surface area contributed by atoms with Gasteiger partial charge in [0.25, 0.3) is 0 Å². The second kappa shape index (κ2) is 9.82. The van der Waals surface area contributed by atoms with E-state index in [-0.39, 0.29) is 11.7 Å². The average Bonchev–Trinajstić information content (AvgIpc) is 3.21. The molecule has 3 aromatic carbocycles. The summed E-state index contributed by atoms with van der Waals surface area (Å²) in [6.07, 6.45) is 1.81. The van der Waals surface area contributed by atoms with Gasteiger partial charge in [-0.25, -0.2) is 9.37 Å². The molecule has 0 aliphatic heterocycles. The molecule has 0 saturated carbocycles. The normalized spacial score (nSPS) is 11.5. The molecular weight excluding hydrogens is 492 g/mol. The standard InChI is InChI=1S/C26H22Cl2FN3OS/c1-16(33)31-22-6-4-5-7-23(22)34-25-30-15-24(32(25)19-11-9-18(29)10-12-19)26(2,3)17-8-13-20(27)21(28)14-17/h4-15H,1-3H3,(H,31,33). The van der Waals surface area contributed by atoms with Crippen molar-refractivity contribution in [2.24, 2.45) is 0 Å². The van der Waals surface area contributed by atoms with Gasteiger partial charge in [0, 0.05) is 22.9 Å². The Morgan fingerprint density at radius 3 is 2.41 bits per heavy atom. The molecule has 0 radical (unpaired) electrons. The summed E-state index contributed by atoms with van der Waals surface area (Å²) < 4.78 is 15.7. The fraction of sp³-hybridized carbons (Fsp3) is 0.154. The minimum Gasteiger partial charge on any atom is -0.325 e. The van der Waals surface area contributed by atoms with Gasteiger partial charge < -0.3 is 5.32 Å². The number of halogens is 3. The van der Waals surface area contributed by atoms with Crippen LogP contribution in [0.2, 0.25) is 10.0 Å². The molecule has 0 aliphatic rings. The van der Waals surface area contributed by atoms with E-state index in [0.717, 1.165) is 21.8 Å². The molecule has 1 heterocycles. The van der Waals surface area contributed by atoms with Crippen LogP contribution in [0.25, 0.3) is 5.69 Å². The largest absolute Gasteiger partial charge is 0.325 e. The summed E-state index contributed by atoms with van der Waals surface area (Å²) in [6, 6.07) is 19.4. The van der Waals surface area contributed by atoms with Crippen molar-refractivity contribution >= 4 is 46.6 Å². The Labute approximate surface area is 212 Å². The Morgan fingerprint density at radius 2 is 1.74 bits per heavy atom. The number of imidazole rings is 1. The molecule has 8 heteroatoms. The number of anilines is 1. The first kappa shape index (κ1) is 24.3. The highest BCUT2D eigenvalue weighted by Gasteiger charge is 2.30. The van der Waals surface area contributed by atoms with Crippen LogP contribution in [0.3, 0.4) is 0 Å². The second-order valence-corrected chi connectivity index (χ2v) is 10.1. The van der Waals surface area contributed by atoms with E-state index in [1.807, 2.05) is 47.2 Å². The summed E-state index contributed by atoms with van der Waals surface area (Å²) in [5, 5.41) is 4.49. The molecular formula is C26H22Cl2FN3OS. The summed E-state index contributed by atoms with van der Waals surface area (Å²) in [4.78, 5) is 17.2. The van der Waals surface area contributed by atoms with E-state index in [1.54, 1.807) is 18.2 Å². The molecule has 1 amide bonds. The Kier molecular flexibility index (Phi) is 7.03. The number of nitrogens with one attached hydrogen (secondary N) is 1. The maximum atomic E-state index is 13.7. The molecule has 1 N–H and O–H groups in total. The second-order valence-electron chi connectivity index (χ2n) is 8.27. The number of hydrogen-bond donors (Lipinski definition) is 1. The van der Waals surface area contributed by atoms with Gasteiger partial charge in [0.2, 0.25) is 5.91 Å². The van der Waals surface area contributed by atoms with E-state index >= 15 is 0 Å². The van der Waals surface area contributed by atoms with Crippen LogP contribution >= 0.6 is 35.0 Å². The molecule has 34 heavy (non-hydrogen) atoms. The van der Waals surface area contributed by atoms with E-state index < -0.39 is 5.41 Å². The fourth-order valence-electron chi connectivity index (χ4n) is 3.67. The van der Waals surface area contributed by atoms with Crippen molar-refractivity contribution in [1.29, 1.82) is 0 Å². The first-order chi connectivity index (χ1) is 16.2. The van der Waals surface area contributed by atoms with Gasteiger partial charge in [-0.1, -0.05) is 55.2 Å². The minimum absolute atomic E-state index is 0.156. The van der Waals surface area contributed by atoms with Crippen LogP contribution < -0.4 is 5.32 Å². The molecule has 0 fully saturated rings. The lowest BCUT2D eigenvalue weighted by Crippen LogP contribution is -2.23. The first-order valence-electron chi connectivity index (χ1n) is 10.5. The zero-order valence-electron chi connectivity index (χ0n) is 18.8. The lowest BCUT2D eigenvalue weighted by atomic mass is 9.81. The third kappa shape index (κ3) is 4.99. The summed E-state index contributed by atoms with van der Waals surface area (Å²) in [5.41, 5.74) is 2.80. The SMILES string of the molecule is CC(=O)Nc1ccccc1Sc1ncc(C(C)(C)c2ccc(Cl)c(Cl)c2)n1-c1ccc(F)cc1. The Hall–Kier alpha value is -2.80. The van der Waals surface area contributed by atoms with Gasteiger partial charge in [-0.3, -0.25) is 9.36 Å². The smallest absolute Gasteiger partial charge is 0.221 e. The average molecular weight is 514 g/mol. The van der Waals surface area contributed by atoms with Gasteiger partial charge in [-0.15, -0.1) is 0 Å². The van der Waals surface area contributed by atoms with Crippen molar-refractivity contribution in [3.8, 4) is 5.69 Å². The van der Waals surface area contributed by atoms with Crippen molar-refractivity contribution in [3.05, 3.63) is 100 Å². The van der Waals surface area contributed by atoms with Crippen LogP contribution in [0.15, 0.2) is 83.0 Å². The number of nitrogens with zero attached hydrogens (tertiary/aromatic N) is 2. The molecule has 174 valence electrons. The van der Waals surface area contributed by atoms with Crippen LogP contribution in [-0.4, -0.2) is 15.5 Å². The monoisotopic (exact) mass is 513 g/mol. The van der Waals surface area contributed by atoms with Crippen molar-refractivity contribution in [3.63, 3.8) is 0 Å². The van der Waals surface area contributed by atoms with Gasteiger partial charge in [0.1, 0.15) is 5.82 Å². The highest BCUT2D eigenvalue weighted by molar-refractivity contribution is 7.99. The lowest BCUT2D eigenvalue weighted by molar-refractivity contribution is -0.114. The van der Waals surface area contributed by atoms with Crippen molar-refractivity contribution in [1.82, 2.24) is 9.55 Å². The maximum Gasteiger partial charge on any atom is 0.221 e. The van der Waals surface area contributed by atoms with Gasteiger partial charge in [0.15, 0.2) is 5.16 Å². The van der Waals surface area contributed by atoms with Crippen LogP contribution in [-0.2, 0) is 10.2 Å². The number of aromatic nitrogens is 2. The van der Waals surface area contributed by atoms with Crippen LogP contribution in [0.1, 0.15) is 32.0 Å². The lowest BCUT2D eigenvalue weighted by Gasteiger charge is -2.28. The summed E-state index contributed by atoms with van der Waals surface area (Å²) >= 11 is 13.9. The van der Waals surface area contributed by atoms with E-state index in [9.17, 15) is 9.18 Å². The van der Waals surface area contributed by atoms with Crippen molar-refractivity contribution in [2.45, 2.75) is 36.2 Å². The van der Waals surface area contributed by atoms with Crippen LogP contribution in [0.4, 0.5) is 10.1 Å². The van der Waals surface area contributed by atoms with E-state index in [0.29, 0.717) is 20.9 Å². The summed E-state index contributed by atoms with van der Waals surface area (Å²) in [7, 11) is 0. The predicted octanol–water partition coefficient (Wildman–Crippen LogP) is 7.75. The third-order valence-corrected chi connectivity index (χ3v) is 7.28. The topological polar surface area (TPSA) is 46.9 Å².